The third-order valence-electron chi connectivity index (χ3n) is 3.56. The molecule has 1 heterocycles. The molecule has 0 amide bonds. The topological polar surface area (TPSA) is 12.9 Å². The molecule has 0 radical (unpaired) electrons. The van der Waals surface area contributed by atoms with E-state index in [9.17, 15) is 4.39 Å². The quantitative estimate of drug-likeness (QED) is 0.605. The van der Waals surface area contributed by atoms with Gasteiger partial charge in [0.05, 0.1) is 5.52 Å². The Balaban J connectivity index is 2.32. The molecule has 2 aromatic carbocycles. The second-order valence-corrected chi connectivity index (χ2v) is 5.30. The molecule has 0 saturated heterocycles. The van der Waals surface area contributed by atoms with Crippen LogP contribution < -0.4 is 0 Å². The minimum absolute atomic E-state index is 0.167. The van der Waals surface area contributed by atoms with Gasteiger partial charge in [-0.1, -0.05) is 18.2 Å². The van der Waals surface area contributed by atoms with Crippen LogP contribution in [0.25, 0.3) is 22.0 Å². The molecule has 20 heavy (non-hydrogen) atoms. The summed E-state index contributed by atoms with van der Waals surface area (Å²) in [7, 11) is 0. The van der Waals surface area contributed by atoms with E-state index in [2.05, 4.69) is 36.2 Å². The molecule has 1 aromatic heterocycles. The monoisotopic (exact) mass is 265 g/mol. The molecule has 2 heteroatoms. The van der Waals surface area contributed by atoms with E-state index in [1.807, 2.05) is 19.1 Å². The summed E-state index contributed by atoms with van der Waals surface area (Å²) in [4.78, 5) is 4.59. The molecule has 0 unspecified atom stereocenters. The predicted octanol–water partition coefficient (Wildman–Crippen LogP) is 4.97. The van der Waals surface area contributed by atoms with Crippen molar-refractivity contribution in [1.82, 2.24) is 4.98 Å². The Hall–Kier alpha value is -2.22. The first kappa shape index (κ1) is 12.8. The molecule has 0 aliphatic heterocycles. The van der Waals surface area contributed by atoms with Crippen molar-refractivity contribution in [3.8, 4) is 11.1 Å². The Morgan fingerprint density at radius 3 is 2.45 bits per heavy atom. The molecule has 0 bridgehead atoms. The fourth-order valence-corrected chi connectivity index (χ4v) is 2.52. The molecular formula is C18H16FN. The van der Waals surface area contributed by atoms with Crippen LogP contribution in [0.3, 0.4) is 0 Å². The molecule has 0 aliphatic rings. The van der Waals surface area contributed by atoms with Gasteiger partial charge in [-0.2, -0.15) is 0 Å². The molecule has 0 aliphatic carbocycles. The Morgan fingerprint density at radius 2 is 1.70 bits per heavy atom. The van der Waals surface area contributed by atoms with Crippen molar-refractivity contribution in [3.05, 3.63) is 65.1 Å². The van der Waals surface area contributed by atoms with Crippen molar-refractivity contribution in [2.24, 2.45) is 0 Å². The maximum atomic E-state index is 13.4. The third kappa shape index (κ3) is 2.18. The van der Waals surface area contributed by atoms with Gasteiger partial charge in [-0.15, -0.1) is 0 Å². The standard InChI is InChI=1S/C18H16FN/c1-11-4-6-15-16(10-13(3)20-18(15)8-11)14-5-7-17(19)12(2)9-14/h4-10H,1-3H3. The predicted molar refractivity (Wildman–Crippen MR) is 81.3 cm³/mol. The minimum Gasteiger partial charge on any atom is -0.253 e. The fourth-order valence-electron chi connectivity index (χ4n) is 2.52. The summed E-state index contributed by atoms with van der Waals surface area (Å²) in [6, 6.07) is 13.6. The van der Waals surface area contributed by atoms with E-state index >= 15 is 0 Å². The number of hydrogen-bond acceptors (Lipinski definition) is 1. The number of pyridine rings is 1. The SMILES string of the molecule is Cc1ccc2c(-c3ccc(F)c(C)c3)cc(C)nc2c1. The average molecular weight is 265 g/mol. The molecule has 1 nitrogen and oxygen atoms in total. The number of hydrogen-bond donors (Lipinski definition) is 0. The lowest BCUT2D eigenvalue weighted by atomic mass is 9.98. The van der Waals surface area contributed by atoms with Crippen LogP contribution in [0, 0.1) is 26.6 Å². The zero-order chi connectivity index (χ0) is 14.3. The van der Waals surface area contributed by atoms with Crippen LogP contribution in [-0.4, -0.2) is 4.98 Å². The highest BCUT2D eigenvalue weighted by Gasteiger charge is 2.08. The lowest BCUT2D eigenvalue weighted by Gasteiger charge is -2.10. The maximum Gasteiger partial charge on any atom is 0.126 e. The fraction of sp³-hybridized carbons (Fsp3) is 0.167. The summed E-state index contributed by atoms with van der Waals surface area (Å²) >= 11 is 0. The van der Waals surface area contributed by atoms with Crippen molar-refractivity contribution < 1.29 is 4.39 Å². The van der Waals surface area contributed by atoms with Gasteiger partial charge in [0, 0.05) is 11.1 Å². The minimum atomic E-state index is -0.167. The third-order valence-corrected chi connectivity index (χ3v) is 3.56. The average Bonchev–Trinajstić information content (AvgIpc) is 2.40. The first-order chi connectivity index (χ1) is 9.54. The van der Waals surface area contributed by atoms with E-state index in [0.29, 0.717) is 5.56 Å². The highest BCUT2D eigenvalue weighted by Crippen LogP contribution is 2.30. The Kier molecular flexibility index (Phi) is 3.01. The molecule has 0 spiro atoms. The molecule has 0 N–H and O–H groups in total. The van der Waals surface area contributed by atoms with Gasteiger partial charge >= 0.3 is 0 Å². The van der Waals surface area contributed by atoms with Gasteiger partial charge < -0.3 is 0 Å². The second-order valence-electron chi connectivity index (χ2n) is 5.30. The van der Waals surface area contributed by atoms with Crippen LogP contribution in [0.5, 0.6) is 0 Å². The smallest absolute Gasteiger partial charge is 0.126 e. The van der Waals surface area contributed by atoms with Crippen molar-refractivity contribution in [1.29, 1.82) is 0 Å². The Morgan fingerprint density at radius 1 is 0.900 bits per heavy atom. The number of halogens is 1. The highest BCUT2D eigenvalue weighted by atomic mass is 19.1. The number of nitrogens with zero attached hydrogens (tertiary/aromatic N) is 1. The Labute approximate surface area is 118 Å². The molecule has 3 rings (SSSR count). The lowest BCUT2D eigenvalue weighted by Crippen LogP contribution is -1.91. The van der Waals surface area contributed by atoms with E-state index < -0.39 is 0 Å². The summed E-state index contributed by atoms with van der Waals surface area (Å²) in [6.07, 6.45) is 0. The number of benzene rings is 2. The zero-order valence-corrected chi connectivity index (χ0v) is 11.9. The largest absolute Gasteiger partial charge is 0.253 e. The van der Waals surface area contributed by atoms with Crippen molar-refractivity contribution in [2.75, 3.05) is 0 Å². The zero-order valence-electron chi connectivity index (χ0n) is 11.9. The first-order valence-electron chi connectivity index (χ1n) is 6.69. The maximum absolute atomic E-state index is 13.4. The van der Waals surface area contributed by atoms with Crippen LogP contribution in [0.15, 0.2) is 42.5 Å². The van der Waals surface area contributed by atoms with E-state index in [-0.39, 0.29) is 5.82 Å². The number of aryl methyl sites for hydroxylation is 3. The van der Waals surface area contributed by atoms with Gasteiger partial charge in [-0.25, -0.2) is 4.39 Å². The number of fused-ring (bicyclic) bond motifs is 1. The second kappa shape index (κ2) is 4.71. The van der Waals surface area contributed by atoms with Crippen molar-refractivity contribution in [3.63, 3.8) is 0 Å². The van der Waals surface area contributed by atoms with E-state index in [1.54, 1.807) is 6.92 Å². The summed E-state index contributed by atoms with van der Waals surface area (Å²) in [6.45, 7) is 5.84. The van der Waals surface area contributed by atoms with Gasteiger partial charge in [0.15, 0.2) is 0 Å². The van der Waals surface area contributed by atoms with Crippen LogP contribution >= 0.6 is 0 Å². The van der Waals surface area contributed by atoms with Gasteiger partial charge in [0.25, 0.3) is 0 Å². The summed E-state index contributed by atoms with van der Waals surface area (Å²) < 4.78 is 13.4. The number of rotatable bonds is 1. The van der Waals surface area contributed by atoms with E-state index in [0.717, 1.165) is 27.7 Å². The van der Waals surface area contributed by atoms with Gasteiger partial charge in [-0.3, -0.25) is 4.98 Å². The van der Waals surface area contributed by atoms with Crippen molar-refractivity contribution >= 4 is 10.9 Å². The molecule has 0 saturated carbocycles. The van der Waals surface area contributed by atoms with Gasteiger partial charge in [0.1, 0.15) is 5.82 Å². The molecule has 0 atom stereocenters. The normalized spacial score (nSPS) is 11.0. The molecular weight excluding hydrogens is 249 g/mol. The molecule has 100 valence electrons. The lowest BCUT2D eigenvalue weighted by molar-refractivity contribution is 0.619. The highest BCUT2D eigenvalue weighted by molar-refractivity contribution is 5.95. The van der Waals surface area contributed by atoms with Crippen LogP contribution in [-0.2, 0) is 0 Å². The summed E-state index contributed by atoms with van der Waals surface area (Å²) in [5, 5.41) is 1.10. The van der Waals surface area contributed by atoms with E-state index in [1.165, 1.54) is 11.6 Å². The molecule has 3 aromatic rings. The van der Waals surface area contributed by atoms with Crippen LogP contribution in [0.1, 0.15) is 16.8 Å². The van der Waals surface area contributed by atoms with Crippen molar-refractivity contribution in [2.45, 2.75) is 20.8 Å². The van der Waals surface area contributed by atoms with E-state index in [4.69, 9.17) is 0 Å². The molecule has 0 fully saturated rings. The summed E-state index contributed by atoms with van der Waals surface area (Å²) in [5.41, 5.74) is 5.95. The number of aromatic nitrogens is 1. The van der Waals surface area contributed by atoms with Crippen LogP contribution in [0.2, 0.25) is 0 Å². The van der Waals surface area contributed by atoms with Gasteiger partial charge in [-0.05, 0) is 67.3 Å². The van der Waals surface area contributed by atoms with Crippen LogP contribution in [0.4, 0.5) is 4.39 Å². The van der Waals surface area contributed by atoms with Gasteiger partial charge in [0.2, 0.25) is 0 Å². The Bertz CT molecular complexity index is 801. The first-order valence-corrected chi connectivity index (χ1v) is 6.69. The summed E-state index contributed by atoms with van der Waals surface area (Å²) in [5.74, 6) is -0.167.